The molecule has 3 N–H and O–H groups in total. The lowest BCUT2D eigenvalue weighted by Gasteiger charge is -2.13. The second kappa shape index (κ2) is 9.29. The van der Waals surface area contributed by atoms with E-state index in [4.69, 9.17) is 5.73 Å². The van der Waals surface area contributed by atoms with Crippen molar-refractivity contribution in [2.45, 2.75) is 51.9 Å². The van der Waals surface area contributed by atoms with E-state index in [1.807, 2.05) is 6.07 Å². The molecule has 1 saturated carbocycles. The van der Waals surface area contributed by atoms with E-state index in [1.54, 1.807) is 0 Å². The van der Waals surface area contributed by atoms with Crippen LogP contribution >= 0.6 is 0 Å². The molecule has 0 bridgehead atoms. The van der Waals surface area contributed by atoms with E-state index in [1.165, 1.54) is 30.4 Å². The van der Waals surface area contributed by atoms with Crippen LogP contribution < -0.4 is 11.1 Å². The van der Waals surface area contributed by atoms with Crippen molar-refractivity contribution >= 4 is 17.5 Å². The minimum absolute atomic E-state index is 0.332. The third-order valence-electron chi connectivity index (χ3n) is 6.06. The van der Waals surface area contributed by atoms with E-state index in [2.05, 4.69) is 83.7 Å². The van der Waals surface area contributed by atoms with Crippen molar-refractivity contribution in [3.05, 3.63) is 77.5 Å². The molecule has 0 aliphatic heterocycles. The van der Waals surface area contributed by atoms with Crippen molar-refractivity contribution < 1.29 is 0 Å². The Morgan fingerprint density at radius 2 is 1.87 bits per heavy atom. The first-order chi connectivity index (χ1) is 14.6. The van der Waals surface area contributed by atoms with Gasteiger partial charge < -0.3 is 11.1 Å². The molecule has 1 heterocycles. The number of nitrogens with zero attached hydrogens (tertiary/aromatic N) is 2. The highest BCUT2D eigenvalue weighted by atomic mass is 15.1. The average Bonchev–Trinajstić information content (AvgIpc) is 3.45. The molecule has 3 aromatic rings. The number of hydrogen-bond donors (Lipinski definition) is 2. The topological polar surface area (TPSA) is 63.8 Å². The van der Waals surface area contributed by atoms with Gasteiger partial charge in [-0.25, -0.2) is 4.98 Å². The van der Waals surface area contributed by atoms with Crippen molar-refractivity contribution in [1.29, 1.82) is 0 Å². The molecule has 4 nitrogen and oxygen atoms in total. The smallest absolute Gasteiger partial charge is 0.222 e. The van der Waals surface area contributed by atoms with Crippen molar-refractivity contribution in [3.63, 3.8) is 0 Å². The van der Waals surface area contributed by atoms with E-state index in [9.17, 15) is 0 Å². The maximum Gasteiger partial charge on any atom is 0.222 e. The van der Waals surface area contributed by atoms with E-state index >= 15 is 0 Å². The standard InChI is InChI=1S/C26H32N4/c1-18(8-6-11-20-9-4-3-5-10-20)14-23-17-25(30-26(27)29-23)28-22-13-7-12-21(16-22)24-15-19(24)2/h3-5,7,9-10,12-13,16-19,24H,6,8,11,14-15H2,1-2H3,(H3,27,28,29,30)/t18-,19?,24?/m1/s1. The van der Waals surface area contributed by atoms with Crippen LogP contribution in [0.1, 0.15) is 55.8 Å². The van der Waals surface area contributed by atoms with Crippen molar-refractivity contribution in [2.75, 3.05) is 11.1 Å². The summed E-state index contributed by atoms with van der Waals surface area (Å²) in [5.74, 6) is 3.16. The number of hydrogen-bond acceptors (Lipinski definition) is 4. The minimum Gasteiger partial charge on any atom is -0.368 e. The molecule has 3 atom stereocenters. The zero-order chi connectivity index (χ0) is 20.9. The predicted molar refractivity (Wildman–Crippen MR) is 125 cm³/mol. The second-order valence-electron chi connectivity index (χ2n) is 8.86. The summed E-state index contributed by atoms with van der Waals surface area (Å²) in [5, 5.41) is 3.43. The van der Waals surface area contributed by atoms with E-state index in [-0.39, 0.29) is 0 Å². The molecule has 4 heteroatoms. The Hall–Kier alpha value is -2.88. The SMILES string of the molecule is CC1CC1c1cccc(Nc2cc(C[C@H](C)CCCc3ccccc3)nc(N)n2)c1. The number of nitrogen functional groups attached to an aromatic ring is 1. The highest BCUT2D eigenvalue weighted by molar-refractivity contribution is 5.58. The van der Waals surface area contributed by atoms with Gasteiger partial charge in [-0.15, -0.1) is 0 Å². The molecule has 156 valence electrons. The van der Waals surface area contributed by atoms with Crippen LogP contribution in [0.3, 0.4) is 0 Å². The van der Waals surface area contributed by atoms with Crippen LogP contribution in [0.15, 0.2) is 60.7 Å². The fourth-order valence-electron chi connectivity index (χ4n) is 4.23. The molecule has 1 aliphatic rings. The van der Waals surface area contributed by atoms with Gasteiger partial charge in [0.1, 0.15) is 5.82 Å². The molecule has 2 aromatic carbocycles. The van der Waals surface area contributed by atoms with Gasteiger partial charge >= 0.3 is 0 Å². The van der Waals surface area contributed by atoms with Crippen LogP contribution in [-0.2, 0) is 12.8 Å². The number of aromatic nitrogens is 2. The molecular formula is C26H32N4. The highest BCUT2D eigenvalue weighted by Crippen LogP contribution is 2.47. The van der Waals surface area contributed by atoms with Crippen molar-refractivity contribution in [2.24, 2.45) is 11.8 Å². The normalized spacial score (nSPS) is 18.7. The summed E-state index contributed by atoms with van der Waals surface area (Å²) >= 11 is 0. The van der Waals surface area contributed by atoms with Gasteiger partial charge in [0.2, 0.25) is 5.95 Å². The van der Waals surface area contributed by atoms with Crippen LogP contribution in [0.5, 0.6) is 0 Å². The van der Waals surface area contributed by atoms with Crippen LogP contribution in [0.2, 0.25) is 0 Å². The Bertz CT molecular complexity index is 970. The molecule has 4 rings (SSSR count). The van der Waals surface area contributed by atoms with Crippen molar-refractivity contribution in [1.82, 2.24) is 9.97 Å². The monoisotopic (exact) mass is 400 g/mol. The summed E-state index contributed by atoms with van der Waals surface area (Å²) in [6.07, 6.45) is 5.68. The molecule has 0 radical (unpaired) electrons. The summed E-state index contributed by atoms with van der Waals surface area (Å²) in [6, 6.07) is 21.4. The van der Waals surface area contributed by atoms with Gasteiger partial charge in [-0.05, 0) is 66.7 Å². The van der Waals surface area contributed by atoms with Gasteiger partial charge in [-0.3, -0.25) is 0 Å². The number of aryl methyl sites for hydroxylation is 1. The van der Waals surface area contributed by atoms with Gasteiger partial charge in [-0.2, -0.15) is 4.98 Å². The Balaban J connectivity index is 1.34. The fraction of sp³-hybridized carbons (Fsp3) is 0.385. The third kappa shape index (κ3) is 5.59. The quantitative estimate of drug-likeness (QED) is 0.454. The maximum atomic E-state index is 6.01. The maximum absolute atomic E-state index is 6.01. The first-order valence-corrected chi connectivity index (χ1v) is 11.1. The number of anilines is 3. The van der Waals surface area contributed by atoms with Crippen LogP contribution in [0.25, 0.3) is 0 Å². The first kappa shape index (κ1) is 20.4. The molecule has 0 saturated heterocycles. The molecule has 30 heavy (non-hydrogen) atoms. The van der Waals surface area contributed by atoms with Crippen LogP contribution in [0.4, 0.5) is 17.5 Å². The van der Waals surface area contributed by atoms with Gasteiger partial charge in [0.05, 0.1) is 0 Å². The Morgan fingerprint density at radius 3 is 2.63 bits per heavy atom. The van der Waals surface area contributed by atoms with E-state index in [0.29, 0.717) is 17.8 Å². The summed E-state index contributed by atoms with van der Waals surface area (Å²) in [5.41, 5.74) is 10.9. The zero-order valence-corrected chi connectivity index (χ0v) is 18.0. The average molecular weight is 401 g/mol. The number of nitrogens with two attached hydrogens (primary N) is 1. The molecule has 0 amide bonds. The molecule has 1 aromatic heterocycles. The molecule has 1 fully saturated rings. The number of nitrogens with one attached hydrogen (secondary N) is 1. The number of rotatable bonds is 9. The molecule has 0 spiro atoms. The molecule has 1 aliphatic carbocycles. The third-order valence-corrected chi connectivity index (χ3v) is 6.06. The summed E-state index contributed by atoms with van der Waals surface area (Å²) in [4.78, 5) is 8.87. The zero-order valence-electron chi connectivity index (χ0n) is 18.0. The largest absolute Gasteiger partial charge is 0.368 e. The fourth-order valence-corrected chi connectivity index (χ4v) is 4.23. The summed E-state index contributed by atoms with van der Waals surface area (Å²) in [6.45, 7) is 4.60. The Morgan fingerprint density at radius 1 is 1.07 bits per heavy atom. The minimum atomic E-state index is 0.332. The second-order valence-corrected chi connectivity index (χ2v) is 8.86. The lowest BCUT2D eigenvalue weighted by Crippen LogP contribution is -2.07. The van der Waals surface area contributed by atoms with Gasteiger partial charge in [0.25, 0.3) is 0 Å². The lowest BCUT2D eigenvalue weighted by molar-refractivity contribution is 0.502. The molecular weight excluding hydrogens is 368 g/mol. The Kier molecular flexibility index (Phi) is 6.32. The highest BCUT2D eigenvalue weighted by Gasteiger charge is 2.33. The Labute approximate surface area is 180 Å². The molecule has 2 unspecified atom stereocenters. The predicted octanol–water partition coefficient (Wildman–Crippen LogP) is 6.13. The lowest BCUT2D eigenvalue weighted by atomic mass is 9.97. The summed E-state index contributed by atoms with van der Waals surface area (Å²) < 4.78 is 0. The van der Waals surface area contributed by atoms with Gasteiger partial charge in [0, 0.05) is 17.4 Å². The van der Waals surface area contributed by atoms with Crippen LogP contribution in [0, 0.1) is 11.8 Å². The van der Waals surface area contributed by atoms with Crippen molar-refractivity contribution in [3.8, 4) is 0 Å². The van der Waals surface area contributed by atoms with Gasteiger partial charge in [0.15, 0.2) is 0 Å². The van der Waals surface area contributed by atoms with Crippen LogP contribution in [-0.4, -0.2) is 9.97 Å². The van der Waals surface area contributed by atoms with E-state index in [0.717, 1.165) is 36.0 Å². The summed E-state index contributed by atoms with van der Waals surface area (Å²) in [7, 11) is 0. The van der Waals surface area contributed by atoms with E-state index < -0.39 is 0 Å². The number of benzene rings is 2. The van der Waals surface area contributed by atoms with Gasteiger partial charge in [-0.1, -0.05) is 62.7 Å². The first-order valence-electron chi connectivity index (χ1n) is 11.1.